The molecule has 1 aromatic rings. The lowest BCUT2D eigenvalue weighted by Crippen LogP contribution is -2.27. The van der Waals surface area contributed by atoms with E-state index in [9.17, 15) is 8.42 Å². The van der Waals surface area contributed by atoms with Crippen LogP contribution >= 0.6 is 0 Å². The molecule has 0 atom stereocenters. The number of nitrogen functional groups attached to an aromatic ring is 1. The number of aromatic nitrogens is 1. The first kappa shape index (κ1) is 14.2. The zero-order valence-electron chi connectivity index (χ0n) is 10.8. The molecule has 0 radical (unpaired) electrons. The molecule has 1 fully saturated rings. The van der Waals surface area contributed by atoms with Gasteiger partial charge in [0.25, 0.3) is 0 Å². The smallest absolute Gasteiger partial charge is 0.244 e. The van der Waals surface area contributed by atoms with Crippen molar-refractivity contribution >= 4 is 15.7 Å². The highest BCUT2D eigenvalue weighted by atomic mass is 32.2. The van der Waals surface area contributed by atoms with E-state index >= 15 is 0 Å². The highest BCUT2D eigenvalue weighted by Crippen LogP contribution is 2.27. The Bertz CT molecular complexity index is 512. The topological polar surface area (TPSA) is 97.1 Å². The van der Waals surface area contributed by atoms with Crippen molar-refractivity contribution in [1.29, 1.82) is 0 Å². The molecule has 19 heavy (non-hydrogen) atoms. The number of nitrogens with one attached hydrogen (secondary N) is 2. The molecule has 1 saturated carbocycles. The number of anilines is 1. The predicted octanol–water partition coefficient (Wildman–Crippen LogP) is 1.23. The summed E-state index contributed by atoms with van der Waals surface area (Å²) in [5.41, 5.74) is 2.72. The van der Waals surface area contributed by atoms with Gasteiger partial charge in [-0.25, -0.2) is 13.1 Å². The Balaban J connectivity index is 1.97. The summed E-state index contributed by atoms with van der Waals surface area (Å²) in [6.45, 7) is 0.464. The largest absolute Gasteiger partial charge is 0.323 e. The number of nitrogens with zero attached hydrogens (tertiary/aromatic N) is 1. The summed E-state index contributed by atoms with van der Waals surface area (Å²) in [6, 6.07) is 1.53. The normalized spacial score (nSPS) is 16.7. The summed E-state index contributed by atoms with van der Waals surface area (Å²) in [6.07, 6.45) is 8.64. The molecule has 1 heterocycles. The monoisotopic (exact) mass is 284 g/mol. The molecule has 0 bridgehead atoms. The molecule has 0 unspecified atom stereocenters. The van der Waals surface area contributed by atoms with Crippen molar-refractivity contribution in [1.82, 2.24) is 9.71 Å². The van der Waals surface area contributed by atoms with Crippen molar-refractivity contribution in [3.8, 4) is 0 Å². The fourth-order valence-electron chi connectivity index (χ4n) is 2.49. The van der Waals surface area contributed by atoms with Gasteiger partial charge in [-0.1, -0.05) is 25.7 Å². The predicted molar refractivity (Wildman–Crippen MR) is 73.8 cm³/mol. The van der Waals surface area contributed by atoms with Gasteiger partial charge in [-0.3, -0.25) is 10.8 Å². The molecule has 4 N–H and O–H groups in total. The molecule has 1 aliphatic rings. The SMILES string of the molecule is NNc1ccncc1S(=O)(=O)NCCC1CCCC1. The molecule has 0 amide bonds. The minimum atomic E-state index is -3.55. The standard InChI is InChI=1S/C12H20N4O2S/c13-16-11-6-7-14-9-12(11)19(17,18)15-8-5-10-3-1-2-4-10/h6-7,9-10,15H,1-5,8,13H2,(H,14,16). The Labute approximate surface area is 113 Å². The third-order valence-electron chi connectivity index (χ3n) is 3.55. The molecular formula is C12H20N4O2S. The number of sulfonamides is 1. The minimum absolute atomic E-state index is 0.0870. The maximum atomic E-state index is 12.1. The van der Waals surface area contributed by atoms with Crippen LogP contribution in [0.4, 0.5) is 5.69 Å². The van der Waals surface area contributed by atoms with Crippen LogP contribution in [0.25, 0.3) is 0 Å². The molecule has 106 valence electrons. The number of nitrogens with two attached hydrogens (primary N) is 1. The average molecular weight is 284 g/mol. The van der Waals surface area contributed by atoms with Crippen LogP contribution in [0.3, 0.4) is 0 Å². The van der Waals surface area contributed by atoms with Crippen LogP contribution in [0.2, 0.25) is 0 Å². The zero-order chi connectivity index (χ0) is 13.7. The van der Waals surface area contributed by atoms with E-state index in [1.54, 1.807) is 0 Å². The van der Waals surface area contributed by atoms with Crippen LogP contribution in [0, 0.1) is 5.92 Å². The summed E-state index contributed by atoms with van der Waals surface area (Å²) in [7, 11) is -3.55. The molecule has 0 aliphatic heterocycles. The first-order valence-electron chi connectivity index (χ1n) is 6.54. The number of rotatable bonds is 6. The maximum absolute atomic E-state index is 12.1. The van der Waals surface area contributed by atoms with Crippen molar-refractivity contribution in [3.05, 3.63) is 18.5 Å². The second kappa shape index (κ2) is 6.31. The van der Waals surface area contributed by atoms with E-state index in [1.165, 1.54) is 44.1 Å². The molecule has 0 aromatic carbocycles. The van der Waals surface area contributed by atoms with E-state index in [4.69, 9.17) is 5.84 Å². The van der Waals surface area contributed by atoms with Crippen LogP contribution < -0.4 is 16.0 Å². The summed E-state index contributed by atoms with van der Waals surface area (Å²) < 4.78 is 26.9. The zero-order valence-corrected chi connectivity index (χ0v) is 11.6. The fraction of sp³-hybridized carbons (Fsp3) is 0.583. The first-order chi connectivity index (χ1) is 9.13. The van der Waals surface area contributed by atoms with Crippen LogP contribution in [-0.4, -0.2) is 19.9 Å². The van der Waals surface area contributed by atoms with Gasteiger partial charge < -0.3 is 5.43 Å². The molecule has 6 nitrogen and oxygen atoms in total. The summed E-state index contributed by atoms with van der Waals surface area (Å²) in [5.74, 6) is 5.96. The maximum Gasteiger partial charge on any atom is 0.244 e. The quantitative estimate of drug-likeness (QED) is 0.539. The lowest BCUT2D eigenvalue weighted by atomic mass is 10.1. The van der Waals surface area contributed by atoms with Crippen molar-refractivity contribution in [2.75, 3.05) is 12.0 Å². The lowest BCUT2D eigenvalue weighted by molar-refractivity contribution is 0.495. The summed E-state index contributed by atoms with van der Waals surface area (Å²) in [4.78, 5) is 3.92. The molecule has 0 saturated heterocycles. The van der Waals surface area contributed by atoms with Gasteiger partial charge in [-0.2, -0.15) is 0 Å². The minimum Gasteiger partial charge on any atom is -0.323 e. The number of hydrogen-bond donors (Lipinski definition) is 3. The molecule has 1 aromatic heterocycles. The molecular weight excluding hydrogens is 264 g/mol. The Morgan fingerprint density at radius 2 is 2.11 bits per heavy atom. The Kier molecular flexibility index (Phi) is 4.73. The Morgan fingerprint density at radius 1 is 1.37 bits per heavy atom. The molecule has 7 heteroatoms. The van der Waals surface area contributed by atoms with Crippen LogP contribution in [0.5, 0.6) is 0 Å². The van der Waals surface area contributed by atoms with Gasteiger partial charge in [0.05, 0.1) is 5.69 Å². The third kappa shape index (κ3) is 3.65. The summed E-state index contributed by atoms with van der Waals surface area (Å²) >= 11 is 0. The van der Waals surface area contributed by atoms with Crippen molar-refractivity contribution in [2.24, 2.45) is 11.8 Å². The summed E-state index contributed by atoms with van der Waals surface area (Å²) in [5, 5.41) is 0. The third-order valence-corrected chi connectivity index (χ3v) is 5.04. The van der Waals surface area contributed by atoms with Gasteiger partial charge in [0.2, 0.25) is 10.0 Å². The average Bonchev–Trinajstić information content (AvgIpc) is 2.91. The number of pyridine rings is 1. The molecule has 1 aliphatic carbocycles. The molecule has 0 spiro atoms. The second-order valence-corrected chi connectivity index (χ2v) is 6.59. The van der Waals surface area contributed by atoms with E-state index < -0.39 is 10.0 Å². The van der Waals surface area contributed by atoms with Crippen molar-refractivity contribution in [3.63, 3.8) is 0 Å². The van der Waals surface area contributed by atoms with Crippen LogP contribution in [0.15, 0.2) is 23.4 Å². The van der Waals surface area contributed by atoms with E-state index in [1.807, 2.05) is 0 Å². The van der Waals surface area contributed by atoms with Crippen molar-refractivity contribution < 1.29 is 8.42 Å². The number of hydrazine groups is 1. The van der Waals surface area contributed by atoms with Gasteiger partial charge in [0.1, 0.15) is 4.90 Å². The molecule has 2 rings (SSSR count). The van der Waals surface area contributed by atoms with Gasteiger partial charge in [0.15, 0.2) is 0 Å². The first-order valence-corrected chi connectivity index (χ1v) is 8.02. The second-order valence-electron chi connectivity index (χ2n) is 4.85. The van der Waals surface area contributed by atoms with E-state index in [2.05, 4.69) is 15.1 Å². The fourth-order valence-corrected chi connectivity index (χ4v) is 3.65. The Morgan fingerprint density at radius 3 is 2.79 bits per heavy atom. The van der Waals surface area contributed by atoms with Crippen molar-refractivity contribution in [2.45, 2.75) is 37.0 Å². The number of hydrogen-bond acceptors (Lipinski definition) is 5. The highest BCUT2D eigenvalue weighted by molar-refractivity contribution is 7.89. The van der Waals surface area contributed by atoms with E-state index in [0.29, 0.717) is 18.2 Å². The van der Waals surface area contributed by atoms with E-state index in [-0.39, 0.29) is 4.90 Å². The van der Waals surface area contributed by atoms with Crippen LogP contribution in [0.1, 0.15) is 32.1 Å². The van der Waals surface area contributed by atoms with Gasteiger partial charge in [-0.15, -0.1) is 0 Å². The van der Waals surface area contributed by atoms with Gasteiger partial charge >= 0.3 is 0 Å². The van der Waals surface area contributed by atoms with Gasteiger partial charge in [0, 0.05) is 18.9 Å². The van der Waals surface area contributed by atoms with Crippen LogP contribution in [-0.2, 0) is 10.0 Å². The Hall–Kier alpha value is -1.18. The highest BCUT2D eigenvalue weighted by Gasteiger charge is 2.20. The van der Waals surface area contributed by atoms with E-state index in [0.717, 1.165) is 6.42 Å². The van der Waals surface area contributed by atoms with Gasteiger partial charge in [-0.05, 0) is 18.4 Å². The lowest BCUT2D eigenvalue weighted by Gasteiger charge is -2.12.